The van der Waals surface area contributed by atoms with Crippen molar-refractivity contribution in [3.05, 3.63) is 24.5 Å². The highest BCUT2D eigenvalue weighted by molar-refractivity contribution is 8.01. The zero-order valence-corrected chi connectivity index (χ0v) is 16.6. The molecule has 9 nitrogen and oxygen atoms in total. The minimum atomic E-state index is -0.788. The van der Waals surface area contributed by atoms with Crippen molar-refractivity contribution in [1.29, 1.82) is 0 Å². The van der Waals surface area contributed by atoms with Gasteiger partial charge >= 0.3 is 0 Å². The highest BCUT2D eigenvalue weighted by Crippen LogP contribution is 2.41. The maximum atomic E-state index is 13.2. The van der Waals surface area contributed by atoms with Gasteiger partial charge in [-0.1, -0.05) is 25.6 Å². The number of thioether (sulfide) groups is 1. The maximum absolute atomic E-state index is 13.2. The number of imidazole rings is 1. The van der Waals surface area contributed by atoms with E-state index < -0.39 is 4.75 Å². The van der Waals surface area contributed by atoms with Gasteiger partial charge in [-0.2, -0.15) is 4.98 Å². The van der Waals surface area contributed by atoms with Crippen LogP contribution in [0.2, 0.25) is 0 Å². The first-order valence-corrected chi connectivity index (χ1v) is 9.58. The predicted molar refractivity (Wildman–Crippen MR) is 109 cm³/mol. The van der Waals surface area contributed by atoms with Crippen LogP contribution in [0.3, 0.4) is 0 Å². The topological polar surface area (TPSA) is 139 Å². The van der Waals surface area contributed by atoms with E-state index in [0.29, 0.717) is 34.7 Å². The molecule has 0 bridgehead atoms. The van der Waals surface area contributed by atoms with Gasteiger partial charge in [-0.3, -0.25) is 4.79 Å². The Morgan fingerprint density at radius 1 is 1.36 bits per heavy atom. The molecule has 0 fully saturated rings. The highest BCUT2D eigenvalue weighted by Gasteiger charge is 2.37. The predicted octanol–water partition coefficient (Wildman–Crippen LogP) is 2.94. The minimum Gasteiger partial charge on any atom is -0.504 e. The fourth-order valence-corrected chi connectivity index (χ4v) is 4.04. The Morgan fingerprint density at radius 3 is 2.79 bits per heavy atom. The number of nitrogens with zero attached hydrogens (tertiary/aromatic N) is 3. The maximum Gasteiger partial charge on any atom is 0.241 e. The molecule has 0 unspecified atom stereocenters. The van der Waals surface area contributed by atoms with Crippen molar-refractivity contribution >= 4 is 40.5 Å². The van der Waals surface area contributed by atoms with Gasteiger partial charge in [0, 0.05) is 11.8 Å². The Morgan fingerprint density at radius 2 is 2.11 bits per heavy atom. The third kappa shape index (κ3) is 3.68. The van der Waals surface area contributed by atoms with Crippen LogP contribution in [0.4, 0.5) is 11.6 Å². The lowest BCUT2D eigenvalue weighted by atomic mass is 10.0. The van der Waals surface area contributed by atoms with E-state index in [9.17, 15) is 9.90 Å². The minimum absolute atomic E-state index is 0.00483. The number of carbonyl (C=O) groups is 1. The van der Waals surface area contributed by atoms with Gasteiger partial charge in [0.05, 0.1) is 13.4 Å². The van der Waals surface area contributed by atoms with E-state index in [4.69, 9.17) is 10.5 Å². The number of benzene rings is 1. The zero-order valence-electron chi connectivity index (χ0n) is 15.8. The van der Waals surface area contributed by atoms with E-state index in [-0.39, 0.29) is 23.4 Å². The monoisotopic (exact) mass is 402 g/mol. The summed E-state index contributed by atoms with van der Waals surface area (Å²) in [6.07, 6.45) is 2.65. The highest BCUT2D eigenvalue weighted by atomic mass is 32.2. The van der Waals surface area contributed by atoms with Crippen molar-refractivity contribution < 1.29 is 14.6 Å². The number of ether oxygens (including phenoxy) is 1. The van der Waals surface area contributed by atoms with Gasteiger partial charge in [0.2, 0.25) is 11.9 Å². The lowest BCUT2D eigenvalue weighted by Crippen LogP contribution is -2.39. The molecule has 0 saturated heterocycles. The number of phenols is 1. The molecule has 0 radical (unpaired) electrons. The van der Waals surface area contributed by atoms with Gasteiger partial charge in [0.15, 0.2) is 17.1 Å². The number of rotatable bonds is 7. The number of aromatic hydroxyl groups is 1. The molecule has 2 aromatic heterocycles. The molecule has 0 atom stereocenters. The number of nitrogens with one attached hydrogen (secondary N) is 2. The summed E-state index contributed by atoms with van der Waals surface area (Å²) in [5.41, 5.74) is 7.43. The second-order valence-corrected chi connectivity index (χ2v) is 7.50. The van der Waals surface area contributed by atoms with Gasteiger partial charge in [-0.15, -0.1) is 0 Å². The van der Waals surface area contributed by atoms with Crippen LogP contribution in [0.5, 0.6) is 11.5 Å². The third-order valence-corrected chi connectivity index (χ3v) is 6.20. The molecule has 3 aromatic rings. The molecule has 0 aliphatic heterocycles. The van der Waals surface area contributed by atoms with Crippen molar-refractivity contribution in [3.63, 3.8) is 0 Å². The number of hydrogen-bond acceptors (Lipinski definition) is 8. The van der Waals surface area contributed by atoms with Crippen molar-refractivity contribution in [2.45, 2.75) is 36.5 Å². The first kappa shape index (κ1) is 19.7. The van der Waals surface area contributed by atoms with Crippen LogP contribution in [-0.2, 0) is 4.79 Å². The van der Waals surface area contributed by atoms with Crippen LogP contribution in [0, 0.1) is 0 Å². The van der Waals surface area contributed by atoms with E-state index in [2.05, 4.69) is 25.3 Å². The molecular weight excluding hydrogens is 380 g/mol. The van der Waals surface area contributed by atoms with Gasteiger partial charge in [0.1, 0.15) is 15.3 Å². The number of aromatic amines is 1. The number of amides is 1. The summed E-state index contributed by atoms with van der Waals surface area (Å²) in [6, 6.07) is 4.66. The van der Waals surface area contributed by atoms with Crippen LogP contribution in [0.15, 0.2) is 29.6 Å². The van der Waals surface area contributed by atoms with Gasteiger partial charge in [-0.05, 0) is 25.0 Å². The largest absolute Gasteiger partial charge is 0.504 e. The molecule has 2 heterocycles. The normalized spacial score (nSPS) is 11.5. The second kappa shape index (κ2) is 7.93. The Balaban J connectivity index is 1.92. The van der Waals surface area contributed by atoms with Crippen molar-refractivity contribution in [3.8, 4) is 11.5 Å². The van der Waals surface area contributed by atoms with Gasteiger partial charge in [-0.25, -0.2) is 9.97 Å². The Bertz CT molecular complexity index is 1000. The molecule has 0 spiro atoms. The van der Waals surface area contributed by atoms with E-state index in [0.717, 1.165) is 0 Å². The molecule has 1 aromatic carbocycles. The summed E-state index contributed by atoms with van der Waals surface area (Å²) in [4.78, 5) is 28.7. The van der Waals surface area contributed by atoms with Crippen molar-refractivity contribution in [2.24, 2.45) is 0 Å². The molecule has 148 valence electrons. The van der Waals surface area contributed by atoms with Crippen LogP contribution >= 0.6 is 11.8 Å². The summed E-state index contributed by atoms with van der Waals surface area (Å²) in [6.45, 7) is 3.89. The summed E-state index contributed by atoms with van der Waals surface area (Å²) in [5, 5.41) is 13.2. The summed E-state index contributed by atoms with van der Waals surface area (Å²) < 4.78 is 4.32. The molecule has 0 saturated carbocycles. The fraction of sp³-hybridized carbons (Fsp3) is 0.333. The van der Waals surface area contributed by atoms with Crippen molar-refractivity contribution in [2.75, 3.05) is 18.2 Å². The average molecular weight is 402 g/mol. The molecule has 0 aliphatic rings. The number of nitrogen functional groups attached to an aromatic ring is 1. The lowest BCUT2D eigenvalue weighted by molar-refractivity contribution is -0.118. The SMILES string of the molecule is CCC(CC)(Sc1nc(N)nc2nc[nH]c12)C(=O)Nc1ccc(O)c(OC)c1. The van der Waals surface area contributed by atoms with E-state index in [1.807, 2.05) is 13.8 Å². The van der Waals surface area contributed by atoms with Crippen LogP contribution in [-0.4, -0.2) is 42.8 Å². The number of aromatic nitrogens is 4. The number of H-pyrrole nitrogens is 1. The summed E-state index contributed by atoms with van der Waals surface area (Å²) >= 11 is 1.33. The van der Waals surface area contributed by atoms with Crippen LogP contribution in [0.1, 0.15) is 26.7 Å². The smallest absolute Gasteiger partial charge is 0.241 e. The fourth-order valence-electron chi connectivity index (χ4n) is 2.84. The number of anilines is 2. The average Bonchev–Trinajstić information content (AvgIpc) is 3.16. The Kier molecular flexibility index (Phi) is 5.59. The molecule has 0 aliphatic carbocycles. The van der Waals surface area contributed by atoms with Gasteiger partial charge in [0.25, 0.3) is 0 Å². The zero-order chi connectivity index (χ0) is 20.3. The quantitative estimate of drug-likeness (QED) is 0.269. The van der Waals surface area contributed by atoms with Crippen LogP contribution < -0.4 is 15.8 Å². The molecule has 10 heteroatoms. The molecule has 5 N–H and O–H groups in total. The number of carbonyl (C=O) groups excluding carboxylic acids is 1. The first-order valence-electron chi connectivity index (χ1n) is 8.76. The van der Waals surface area contributed by atoms with E-state index in [1.165, 1.54) is 31.3 Å². The lowest BCUT2D eigenvalue weighted by Gasteiger charge is -2.29. The standard InChI is InChI=1S/C18H22N6O3S/c1-4-18(5-2,16(26)22-10-6-7-11(25)12(8-10)27-3)28-15-13-14(21-9-20-13)23-17(19)24-15/h6-9,25H,4-5H2,1-3H3,(H,22,26)(H3,19,20,21,23,24). The molecule has 3 rings (SSSR count). The summed E-state index contributed by atoms with van der Waals surface area (Å²) in [7, 11) is 1.45. The number of hydrogen-bond donors (Lipinski definition) is 4. The van der Waals surface area contributed by atoms with Crippen LogP contribution in [0.25, 0.3) is 11.2 Å². The number of phenolic OH excluding ortho intramolecular Hbond substituents is 1. The first-order chi connectivity index (χ1) is 13.4. The third-order valence-electron chi connectivity index (χ3n) is 4.56. The number of nitrogens with two attached hydrogens (primary N) is 1. The van der Waals surface area contributed by atoms with E-state index in [1.54, 1.807) is 12.1 Å². The second-order valence-electron chi connectivity index (χ2n) is 6.13. The Hall–Kier alpha value is -3.01. The molecule has 28 heavy (non-hydrogen) atoms. The van der Waals surface area contributed by atoms with Gasteiger partial charge < -0.3 is 25.9 Å². The summed E-state index contributed by atoms with van der Waals surface area (Å²) in [5.74, 6) is 0.212. The molecular formula is C18H22N6O3S. The molecule has 1 amide bonds. The Labute approximate surface area is 166 Å². The number of fused-ring (bicyclic) bond motifs is 1. The number of methoxy groups -OCH3 is 1. The van der Waals surface area contributed by atoms with E-state index >= 15 is 0 Å². The van der Waals surface area contributed by atoms with Crippen molar-refractivity contribution in [1.82, 2.24) is 19.9 Å².